The highest BCUT2D eigenvalue weighted by Gasteiger charge is 2.57. The van der Waals surface area contributed by atoms with Crippen molar-refractivity contribution < 1.29 is 183 Å². The number of aliphatic hydroxyl groups is 22. The number of hydrogen-bond donors (Lipinski definition) is 22. The molecule has 7 aliphatic rings. The van der Waals surface area contributed by atoms with Crippen LogP contribution >= 0.6 is 0 Å². The lowest BCUT2D eigenvalue weighted by Gasteiger charge is -2.48. The highest BCUT2D eigenvalue weighted by atomic mass is 16.8. The van der Waals surface area contributed by atoms with Gasteiger partial charge in [0.05, 0.1) is 46.2 Å². The lowest BCUT2D eigenvalue weighted by molar-refractivity contribution is -0.384. The van der Waals surface area contributed by atoms with Gasteiger partial charge in [-0.2, -0.15) is 0 Å². The van der Waals surface area contributed by atoms with Crippen LogP contribution in [0.2, 0.25) is 0 Å². The molecular formula is C45H80O37. The molecular weight excluding hydrogens is 1130 g/mol. The molecule has 7 rings (SSSR count). The maximum absolute atomic E-state index is 11.3. The summed E-state index contributed by atoms with van der Waals surface area (Å²) < 4.78 is 81.2. The third-order valence-electron chi connectivity index (χ3n) is 15.0. The van der Waals surface area contributed by atoms with Gasteiger partial charge in [0.25, 0.3) is 0 Å². The molecule has 37 nitrogen and oxygen atoms in total. The van der Waals surface area contributed by atoms with E-state index in [0.29, 0.717) is 0 Å². The molecule has 14 unspecified atom stereocenters. The normalized spacial score (nSPS) is 51.3. The first kappa shape index (κ1) is 69.6. The summed E-state index contributed by atoms with van der Waals surface area (Å²) in [5.74, 6) is 0. The van der Waals surface area contributed by atoms with Gasteiger partial charge in [-0.05, 0) is 0 Å². The number of aliphatic hydroxyl groups excluding tert-OH is 22. The lowest BCUT2D eigenvalue weighted by Crippen LogP contribution is -2.67. The summed E-state index contributed by atoms with van der Waals surface area (Å²) in [6.07, 6.45) is -56.4. The molecule has 0 radical (unpaired) electrons. The molecule has 0 aromatic carbocycles. The fourth-order valence-electron chi connectivity index (χ4n) is 10.2. The molecule has 0 spiro atoms. The fraction of sp³-hybridized carbons (Fsp3) is 1.00. The quantitative estimate of drug-likeness (QED) is 0.0538. The van der Waals surface area contributed by atoms with Crippen molar-refractivity contribution in [2.75, 3.05) is 67.6 Å². The molecule has 0 aromatic heterocycles. The maximum atomic E-state index is 11.3. The van der Waals surface area contributed by atoms with Gasteiger partial charge in [-0.1, -0.05) is 0 Å². The zero-order chi connectivity index (χ0) is 60.8. The Hall–Kier alpha value is -1.48. The van der Waals surface area contributed by atoms with E-state index >= 15 is 0 Å². The van der Waals surface area contributed by atoms with Gasteiger partial charge in [0, 0.05) is 21.3 Å². The molecule has 7 aliphatic heterocycles. The van der Waals surface area contributed by atoms with E-state index in [-0.39, 0.29) is 0 Å². The Morgan fingerprint density at radius 3 is 0.890 bits per heavy atom. The van der Waals surface area contributed by atoms with Crippen molar-refractivity contribution in [2.24, 2.45) is 0 Å². The van der Waals surface area contributed by atoms with Crippen LogP contribution in [0.3, 0.4) is 0 Å². The summed E-state index contributed by atoms with van der Waals surface area (Å²) in [6, 6.07) is 0. The van der Waals surface area contributed by atoms with E-state index in [2.05, 4.69) is 0 Å². The van der Waals surface area contributed by atoms with Gasteiger partial charge in [0.15, 0.2) is 44.0 Å². The molecule has 0 aliphatic carbocycles. The molecule has 0 bridgehead atoms. The lowest BCUT2D eigenvalue weighted by atomic mass is 9.96. The summed E-state index contributed by atoms with van der Waals surface area (Å²) in [7, 11) is 3.65. The predicted molar refractivity (Wildman–Crippen MR) is 250 cm³/mol. The van der Waals surface area contributed by atoms with Crippen molar-refractivity contribution in [1.29, 1.82) is 0 Å². The third-order valence-corrected chi connectivity index (χ3v) is 15.0. The highest BCUT2D eigenvalue weighted by molar-refractivity contribution is 4.99. The average Bonchev–Trinajstić information content (AvgIpc) is 3.64. The van der Waals surface area contributed by atoms with Crippen LogP contribution in [0.1, 0.15) is 0 Å². The van der Waals surface area contributed by atoms with Gasteiger partial charge in [0.1, 0.15) is 171 Å². The topological polar surface area (TPSA) is 584 Å². The van der Waals surface area contributed by atoms with E-state index in [9.17, 15) is 112 Å². The van der Waals surface area contributed by atoms with Crippen molar-refractivity contribution in [3.63, 3.8) is 0 Å². The van der Waals surface area contributed by atoms with Gasteiger partial charge in [-0.25, -0.2) is 0 Å². The third kappa shape index (κ3) is 15.0. The Morgan fingerprint density at radius 2 is 0.512 bits per heavy atom. The predicted octanol–water partition coefficient (Wildman–Crippen LogP) is -15.4. The van der Waals surface area contributed by atoms with Gasteiger partial charge >= 0.3 is 0 Å². The zero-order valence-electron chi connectivity index (χ0n) is 44.1. The number of hydrogen-bond acceptors (Lipinski definition) is 37. The molecule has 35 atom stereocenters. The van der Waals surface area contributed by atoms with Crippen molar-refractivity contribution in [2.45, 2.75) is 215 Å². The maximum Gasteiger partial charge on any atom is 0.187 e. The summed E-state index contributed by atoms with van der Waals surface area (Å²) in [5.41, 5.74) is 0. The van der Waals surface area contributed by atoms with Crippen LogP contribution in [0.25, 0.3) is 0 Å². The molecule has 482 valence electrons. The SMILES string of the molecule is CO[C@H]1OC(CO)[C@@H](O[C@H]2OC(CO[C@H]3OC(CO)[C@@H](OC)[C@H](O)C3O)[C@@H](O[C@H]3OC(CO)[C@@H](OC)[C@H](O)C3O)[C@H](O)C2O)[C@H](O)C1O.OCC1O[C@@H](O[C@H]2C(CO)O[C@@H](O[C@H]3C(CO)O[C@H](O)C(O)[C@@H]3O)C(O)[C@@H]2O)C(O)[C@H](O)[C@@H]1O. The van der Waals surface area contributed by atoms with E-state index in [0.717, 1.165) is 0 Å². The first-order valence-electron chi connectivity index (χ1n) is 25.9. The molecule has 0 saturated carbocycles. The Kier molecular flexibility index (Phi) is 26.4. The summed E-state index contributed by atoms with van der Waals surface area (Å²) >= 11 is 0. The summed E-state index contributed by atoms with van der Waals surface area (Å²) in [4.78, 5) is 0. The zero-order valence-corrected chi connectivity index (χ0v) is 44.1. The highest BCUT2D eigenvalue weighted by Crippen LogP contribution is 2.36. The molecule has 37 heteroatoms. The van der Waals surface area contributed by atoms with Gasteiger partial charge in [-0.15, -0.1) is 0 Å². The van der Waals surface area contributed by atoms with Crippen molar-refractivity contribution in [1.82, 2.24) is 0 Å². The summed E-state index contributed by atoms with van der Waals surface area (Å²) in [6.45, 7) is -5.03. The van der Waals surface area contributed by atoms with E-state index in [1.54, 1.807) is 0 Å². The smallest absolute Gasteiger partial charge is 0.187 e. The number of ether oxygens (including phenoxy) is 15. The average molecular weight is 1210 g/mol. The second kappa shape index (κ2) is 31.1. The van der Waals surface area contributed by atoms with E-state index in [4.69, 9.17) is 71.1 Å². The van der Waals surface area contributed by atoms with Crippen LogP contribution in [-0.2, 0) is 71.1 Å². The summed E-state index contributed by atoms with van der Waals surface area (Å²) in [5, 5.41) is 224. The van der Waals surface area contributed by atoms with Crippen LogP contribution in [0.4, 0.5) is 0 Å². The standard InChI is InChI=1S/C27H48O21.C18H32O16/c1-39-20-8(4-28)44-25(17(36)12(20)31)42-7-11-23(48-26-18(37)13(32)21(40-2)9(5-29)45-26)15(34)19(38)27(46-11)47-22-10(6-30)43-24(41-3)16(35)14(22)33;19-1-4-7(22)8(23)12(27)17(31-4)34-15-6(3-21)32-18(13(28)10(15)25)33-14-5(2-20)30-16(29)11(26)9(14)24/h8-38H,4-7H2,1-3H3;4-29H,1-3H2/t8?,9?,10?,11?,12-,13-,14-,15-,16?,17?,18?,19?,20-,21-,22-,23-,24+,25+,26-,27-;4?,5?,6?,7-,8-,9+,10+,11?,12?,13?,14+,15+,16+,17+,18+/m11/s1. The molecule has 82 heavy (non-hydrogen) atoms. The van der Waals surface area contributed by atoms with Gasteiger partial charge < -0.3 is 183 Å². The van der Waals surface area contributed by atoms with Crippen LogP contribution in [0.15, 0.2) is 0 Å². The van der Waals surface area contributed by atoms with Crippen LogP contribution in [-0.4, -0.2) is 395 Å². The van der Waals surface area contributed by atoms with Crippen molar-refractivity contribution >= 4 is 0 Å². The van der Waals surface area contributed by atoms with Crippen LogP contribution in [0, 0.1) is 0 Å². The largest absolute Gasteiger partial charge is 0.394 e. The van der Waals surface area contributed by atoms with Crippen molar-refractivity contribution in [3.8, 4) is 0 Å². The fourth-order valence-corrected chi connectivity index (χ4v) is 10.2. The Balaban J connectivity index is 0.000000280. The first-order valence-corrected chi connectivity index (χ1v) is 25.9. The Labute approximate surface area is 465 Å². The number of rotatable bonds is 20. The monoisotopic (exact) mass is 1210 g/mol. The molecule has 0 amide bonds. The molecule has 7 fully saturated rings. The van der Waals surface area contributed by atoms with Crippen LogP contribution in [0.5, 0.6) is 0 Å². The van der Waals surface area contributed by atoms with Crippen LogP contribution < -0.4 is 0 Å². The first-order chi connectivity index (χ1) is 38.9. The molecule has 7 heterocycles. The number of methoxy groups -OCH3 is 3. The van der Waals surface area contributed by atoms with Gasteiger partial charge in [-0.3, -0.25) is 0 Å². The molecule has 22 N–H and O–H groups in total. The van der Waals surface area contributed by atoms with Crippen molar-refractivity contribution in [3.05, 3.63) is 0 Å². The minimum Gasteiger partial charge on any atom is -0.394 e. The van der Waals surface area contributed by atoms with Gasteiger partial charge in [0.2, 0.25) is 0 Å². The Bertz CT molecular complexity index is 1840. The second-order valence-electron chi connectivity index (χ2n) is 20.1. The van der Waals surface area contributed by atoms with E-state index in [1.807, 2.05) is 0 Å². The van der Waals surface area contributed by atoms with E-state index < -0.39 is 261 Å². The molecule has 0 aromatic rings. The Morgan fingerprint density at radius 1 is 0.244 bits per heavy atom. The minimum atomic E-state index is -1.99. The van der Waals surface area contributed by atoms with E-state index in [1.165, 1.54) is 21.3 Å². The molecule has 7 saturated heterocycles. The second-order valence-corrected chi connectivity index (χ2v) is 20.1. The minimum absolute atomic E-state index is 0.629.